The fraction of sp³-hybridized carbons (Fsp3) is 0.125. The van der Waals surface area contributed by atoms with Gasteiger partial charge in [0.25, 0.3) is 5.91 Å². The number of hydrogen-bond acceptors (Lipinski definition) is 3. The van der Waals surface area contributed by atoms with E-state index < -0.39 is 0 Å². The number of benzene rings is 1. The first-order chi connectivity index (χ1) is 10.1. The highest BCUT2D eigenvalue weighted by Crippen LogP contribution is 2.20. The van der Waals surface area contributed by atoms with Crippen molar-refractivity contribution in [1.29, 1.82) is 0 Å². The Labute approximate surface area is 127 Å². The summed E-state index contributed by atoms with van der Waals surface area (Å²) >= 11 is 5.89. The summed E-state index contributed by atoms with van der Waals surface area (Å²) in [6.45, 7) is 1.58. The zero-order valence-electron chi connectivity index (χ0n) is 11.4. The summed E-state index contributed by atoms with van der Waals surface area (Å²) in [5.74, 6) is 4.86. The van der Waals surface area contributed by atoms with Crippen molar-refractivity contribution in [3.63, 3.8) is 0 Å². The van der Waals surface area contributed by atoms with Crippen LogP contribution in [0.4, 0.5) is 5.69 Å². The van der Waals surface area contributed by atoms with E-state index in [4.69, 9.17) is 16.7 Å². The standard InChI is InChI=1S/C16H13ClN2O2/c1-11-10-13(17)6-7-14(11)19-16(21)15-12(5-3-9-20)4-2-8-18-15/h2,4,6-8,10,20H,9H2,1H3,(H,19,21). The molecule has 1 amide bonds. The molecular formula is C16H13ClN2O2. The molecule has 0 aliphatic heterocycles. The maximum Gasteiger partial charge on any atom is 0.275 e. The number of halogens is 1. The van der Waals surface area contributed by atoms with Gasteiger partial charge in [-0.1, -0.05) is 23.4 Å². The molecule has 1 heterocycles. The Balaban J connectivity index is 2.28. The number of pyridine rings is 1. The highest BCUT2D eigenvalue weighted by molar-refractivity contribution is 6.30. The Bertz CT molecular complexity index is 733. The van der Waals surface area contributed by atoms with E-state index in [1.54, 1.807) is 30.3 Å². The molecule has 2 rings (SSSR count). The minimum absolute atomic E-state index is 0.216. The molecule has 0 saturated heterocycles. The van der Waals surface area contributed by atoms with Crippen LogP contribution in [-0.4, -0.2) is 22.6 Å². The molecule has 21 heavy (non-hydrogen) atoms. The first-order valence-electron chi connectivity index (χ1n) is 6.24. The van der Waals surface area contributed by atoms with E-state index in [1.165, 1.54) is 6.20 Å². The first-order valence-corrected chi connectivity index (χ1v) is 6.62. The van der Waals surface area contributed by atoms with Crippen molar-refractivity contribution in [2.75, 3.05) is 11.9 Å². The number of nitrogens with one attached hydrogen (secondary N) is 1. The van der Waals surface area contributed by atoms with Crippen LogP contribution < -0.4 is 5.32 Å². The second-order valence-corrected chi connectivity index (χ2v) is 4.71. The highest BCUT2D eigenvalue weighted by atomic mass is 35.5. The summed E-state index contributed by atoms with van der Waals surface area (Å²) < 4.78 is 0. The third kappa shape index (κ3) is 3.82. The van der Waals surface area contributed by atoms with E-state index in [9.17, 15) is 4.79 Å². The molecule has 1 aromatic heterocycles. The minimum Gasteiger partial charge on any atom is -0.384 e. The molecule has 4 nitrogen and oxygen atoms in total. The Hall–Kier alpha value is -2.35. The Morgan fingerprint density at radius 3 is 2.95 bits per heavy atom. The van der Waals surface area contributed by atoms with Crippen LogP contribution in [0.25, 0.3) is 0 Å². The molecule has 0 fully saturated rings. The third-order valence-corrected chi connectivity index (χ3v) is 3.00. The molecule has 1 aromatic carbocycles. The smallest absolute Gasteiger partial charge is 0.275 e. The number of aliphatic hydroxyl groups excluding tert-OH is 1. The van der Waals surface area contributed by atoms with Gasteiger partial charge in [0.1, 0.15) is 12.3 Å². The fourth-order valence-corrected chi connectivity index (χ4v) is 2.00. The van der Waals surface area contributed by atoms with Crippen LogP contribution in [0.2, 0.25) is 5.02 Å². The van der Waals surface area contributed by atoms with Crippen molar-refractivity contribution < 1.29 is 9.90 Å². The van der Waals surface area contributed by atoms with E-state index in [0.717, 1.165) is 5.56 Å². The van der Waals surface area contributed by atoms with E-state index in [2.05, 4.69) is 22.1 Å². The number of hydrogen-bond donors (Lipinski definition) is 2. The van der Waals surface area contributed by atoms with E-state index in [0.29, 0.717) is 16.3 Å². The molecule has 0 spiro atoms. The second-order valence-electron chi connectivity index (χ2n) is 4.27. The van der Waals surface area contributed by atoms with Crippen molar-refractivity contribution in [3.05, 3.63) is 58.4 Å². The van der Waals surface area contributed by atoms with Gasteiger partial charge in [0.2, 0.25) is 0 Å². The Kier molecular flexibility index (Phi) is 4.94. The summed E-state index contributed by atoms with van der Waals surface area (Å²) in [6, 6.07) is 8.57. The largest absolute Gasteiger partial charge is 0.384 e. The summed E-state index contributed by atoms with van der Waals surface area (Å²) in [7, 11) is 0. The second kappa shape index (κ2) is 6.89. The number of aliphatic hydroxyl groups is 1. The molecule has 0 radical (unpaired) electrons. The predicted octanol–water partition coefficient (Wildman–Crippen LogP) is 2.64. The first kappa shape index (κ1) is 15.0. The van der Waals surface area contributed by atoms with Gasteiger partial charge in [-0.3, -0.25) is 4.79 Å². The fourth-order valence-electron chi connectivity index (χ4n) is 1.77. The number of aromatic nitrogens is 1. The summed E-state index contributed by atoms with van der Waals surface area (Å²) in [5, 5.41) is 12.1. The quantitative estimate of drug-likeness (QED) is 0.838. The van der Waals surface area contributed by atoms with Crippen molar-refractivity contribution >= 4 is 23.2 Å². The Morgan fingerprint density at radius 2 is 2.24 bits per heavy atom. The van der Waals surface area contributed by atoms with Crippen molar-refractivity contribution in [3.8, 4) is 11.8 Å². The molecule has 0 atom stereocenters. The van der Waals surface area contributed by atoms with Gasteiger partial charge in [0.15, 0.2) is 0 Å². The van der Waals surface area contributed by atoms with Gasteiger partial charge in [-0.15, -0.1) is 0 Å². The average Bonchev–Trinajstić information content (AvgIpc) is 2.48. The number of amides is 1. The third-order valence-electron chi connectivity index (χ3n) is 2.76. The zero-order valence-corrected chi connectivity index (χ0v) is 12.1. The van der Waals surface area contributed by atoms with Crippen LogP contribution >= 0.6 is 11.6 Å². The SMILES string of the molecule is Cc1cc(Cl)ccc1NC(=O)c1ncccc1C#CCO. The van der Waals surface area contributed by atoms with Gasteiger partial charge in [0.05, 0.1) is 5.56 Å². The van der Waals surface area contributed by atoms with Crippen LogP contribution in [0.1, 0.15) is 21.6 Å². The molecule has 0 aliphatic carbocycles. The van der Waals surface area contributed by atoms with Gasteiger partial charge in [0, 0.05) is 16.9 Å². The highest BCUT2D eigenvalue weighted by Gasteiger charge is 2.12. The zero-order chi connectivity index (χ0) is 15.2. The number of anilines is 1. The topological polar surface area (TPSA) is 62.2 Å². The van der Waals surface area contributed by atoms with Crippen LogP contribution in [0.5, 0.6) is 0 Å². The lowest BCUT2D eigenvalue weighted by molar-refractivity contribution is 0.102. The van der Waals surface area contributed by atoms with Crippen LogP contribution in [0, 0.1) is 18.8 Å². The van der Waals surface area contributed by atoms with Crippen molar-refractivity contribution in [2.24, 2.45) is 0 Å². The molecule has 0 saturated carbocycles. The van der Waals surface area contributed by atoms with Crippen molar-refractivity contribution in [2.45, 2.75) is 6.92 Å². The molecule has 106 valence electrons. The monoisotopic (exact) mass is 300 g/mol. The van der Waals surface area contributed by atoms with E-state index in [-0.39, 0.29) is 18.2 Å². The van der Waals surface area contributed by atoms with E-state index in [1.807, 2.05) is 6.92 Å². The van der Waals surface area contributed by atoms with Gasteiger partial charge in [-0.25, -0.2) is 4.98 Å². The lowest BCUT2D eigenvalue weighted by Gasteiger charge is -2.09. The normalized spacial score (nSPS) is 9.67. The van der Waals surface area contributed by atoms with Crippen LogP contribution in [-0.2, 0) is 0 Å². The number of rotatable bonds is 2. The molecule has 2 N–H and O–H groups in total. The molecule has 0 aliphatic rings. The molecule has 0 bridgehead atoms. The molecule has 0 unspecified atom stereocenters. The molecule has 5 heteroatoms. The Morgan fingerprint density at radius 1 is 1.43 bits per heavy atom. The number of aryl methyl sites for hydroxylation is 1. The lowest BCUT2D eigenvalue weighted by Crippen LogP contribution is -2.16. The van der Waals surface area contributed by atoms with Crippen molar-refractivity contribution in [1.82, 2.24) is 4.98 Å². The van der Waals surface area contributed by atoms with Gasteiger partial charge in [-0.05, 0) is 42.8 Å². The summed E-state index contributed by atoms with van der Waals surface area (Å²) in [4.78, 5) is 16.4. The number of carbonyl (C=O) groups excluding carboxylic acids is 1. The predicted molar refractivity (Wildman–Crippen MR) is 82.3 cm³/mol. The molecular weight excluding hydrogens is 288 g/mol. The van der Waals surface area contributed by atoms with Gasteiger partial charge < -0.3 is 10.4 Å². The summed E-state index contributed by atoms with van der Waals surface area (Å²) in [5.41, 5.74) is 2.20. The summed E-state index contributed by atoms with van der Waals surface area (Å²) in [6.07, 6.45) is 1.52. The maximum atomic E-state index is 12.3. The number of nitrogens with zero attached hydrogens (tertiary/aromatic N) is 1. The van der Waals surface area contributed by atoms with Crippen LogP contribution in [0.3, 0.4) is 0 Å². The van der Waals surface area contributed by atoms with Crippen LogP contribution in [0.15, 0.2) is 36.5 Å². The average molecular weight is 301 g/mol. The van der Waals surface area contributed by atoms with Gasteiger partial charge in [-0.2, -0.15) is 0 Å². The molecule has 2 aromatic rings. The number of carbonyl (C=O) groups is 1. The maximum absolute atomic E-state index is 12.3. The lowest BCUT2D eigenvalue weighted by atomic mass is 10.1. The van der Waals surface area contributed by atoms with E-state index >= 15 is 0 Å². The minimum atomic E-state index is -0.358. The van der Waals surface area contributed by atoms with Gasteiger partial charge >= 0.3 is 0 Å².